The van der Waals surface area contributed by atoms with Crippen LogP contribution in [0.1, 0.15) is 37.4 Å². The van der Waals surface area contributed by atoms with Crippen LogP contribution in [0.2, 0.25) is 0 Å². The Bertz CT molecular complexity index is 549. The molecule has 1 heterocycles. The summed E-state index contributed by atoms with van der Waals surface area (Å²) in [6, 6.07) is -0.529. The van der Waals surface area contributed by atoms with E-state index in [4.69, 9.17) is 10.5 Å². The average Bonchev–Trinajstić information content (AvgIpc) is 2.51. The van der Waals surface area contributed by atoms with Crippen LogP contribution in [0.5, 0.6) is 11.5 Å². The highest BCUT2D eigenvalue weighted by molar-refractivity contribution is 8.00. The van der Waals surface area contributed by atoms with Crippen LogP contribution in [-0.2, 0) is 9.53 Å². The van der Waals surface area contributed by atoms with E-state index >= 15 is 0 Å². The van der Waals surface area contributed by atoms with Gasteiger partial charge in [0.15, 0.2) is 0 Å². The van der Waals surface area contributed by atoms with E-state index in [2.05, 4.69) is 12.6 Å². The Hall–Kier alpha value is -1.05. The Balaban J connectivity index is 0.00000106. The highest BCUT2D eigenvalue weighted by Gasteiger charge is 2.36. The number of esters is 1. The smallest absolute Gasteiger partial charge is 0.319 e. The Morgan fingerprint density at radius 2 is 1.95 bits per heavy atom. The van der Waals surface area contributed by atoms with Crippen molar-refractivity contribution in [3.63, 3.8) is 0 Å². The van der Waals surface area contributed by atoms with E-state index in [1.165, 1.54) is 7.11 Å². The lowest BCUT2D eigenvalue weighted by molar-refractivity contribution is -0.140. The van der Waals surface area contributed by atoms with Crippen LogP contribution < -0.4 is 5.73 Å². The third-order valence-corrected chi connectivity index (χ3v) is 5.08. The lowest BCUT2D eigenvalue weighted by atomic mass is 9.97. The summed E-state index contributed by atoms with van der Waals surface area (Å²) in [6.45, 7) is 5.65. The number of benzene rings is 1. The molecule has 0 radical (unpaired) electrons. The molecule has 0 aliphatic carbocycles. The first-order valence-corrected chi connectivity index (χ1v) is 7.98. The van der Waals surface area contributed by atoms with Crippen molar-refractivity contribution in [1.82, 2.24) is 0 Å². The molecular formula is C14H21NO4S2. The van der Waals surface area contributed by atoms with E-state index in [1.54, 1.807) is 6.92 Å². The number of ether oxygens (including phenoxy) is 1. The van der Waals surface area contributed by atoms with Crippen LogP contribution in [0.25, 0.3) is 0 Å². The number of methoxy groups -OCH3 is 1. The second-order valence-corrected chi connectivity index (χ2v) is 6.05. The molecule has 1 aromatic carbocycles. The Morgan fingerprint density at radius 3 is 2.48 bits per heavy atom. The highest BCUT2D eigenvalue weighted by atomic mass is 32.2. The van der Waals surface area contributed by atoms with Gasteiger partial charge < -0.3 is 20.7 Å². The second-order valence-electron chi connectivity index (χ2n) is 4.39. The van der Waals surface area contributed by atoms with Crippen molar-refractivity contribution in [2.45, 2.75) is 48.3 Å². The number of phenolic OH excluding ortho intramolecular Hbond substituents is 2. The van der Waals surface area contributed by atoms with E-state index < -0.39 is 17.3 Å². The van der Waals surface area contributed by atoms with Crippen molar-refractivity contribution in [3.05, 3.63) is 11.1 Å². The molecule has 2 unspecified atom stereocenters. The number of hydrogen-bond donors (Lipinski definition) is 4. The van der Waals surface area contributed by atoms with Gasteiger partial charge in [0.25, 0.3) is 0 Å². The van der Waals surface area contributed by atoms with Gasteiger partial charge in [0.2, 0.25) is 0 Å². The summed E-state index contributed by atoms with van der Waals surface area (Å²) >= 11 is 5.31. The molecule has 0 amide bonds. The largest absolute Gasteiger partial charge is 0.507 e. The Labute approximate surface area is 134 Å². The Morgan fingerprint density at radius 1 is 1.38 bits per heavy atom. The maximum Gasteiger partial charge on any atom is 0.319 e. The molecule has 5 nitrogen and oxygen atoms in total. The molecule has 7 heteroatoms. The first-order chi connectivity index (χ1) is 9.88. The molecule has 4 N–H and O–H groups in total. The number of hydrogen-bond acceptors (Lipinski definition) is 7. The van der Waals surface area contributed by atoms with E-state index in [0.717, 1.165) is 11.8 Å². The Kier molecular flexibility index (Phi) is 6.24. The maximum atomic E-state index is 11.6. The first-order valence-electron chi connectivity index (χ1n) is 6.65. The molecule has 0 aromatic heterocycles. The van der Waals surface area contributed by atoms with Gasteiger partial charge in [-0.25, -0.2) is 0 Å². The number of carbonyl (C=O) groups is 1. The topological polar surface area (TPSA) is 92.8 Å². The maximum absolute atomic E-state index is 11.6. The van der Waals surface area contributed by atoms with Gasteiger partial charge in [-0.3, -0.25) is 4.79 Å². The molecule has 0 saturated carbocycles. The van der Waals surface area contributed by atoms with Crippen molar-refractivity contribution < 1.29 is 19.7 Å². The summed E-state index contributed by atoms with van der Waals surface area (Å²) in [6.07, 6.45) is 0.350. The van der Waals surface area contributed by atoms with Gasteiger partial charge in [0.05, 0.1) is 16.9 Å². The number of carbonyl (C=O) groups excluding carboxylic acids is 1. The predicted molar refractivity (Wildman–Crippen MR) is 86.3 cm³/mol. The minimum atomic E-state index is -0.529. The summed E-state index contributed by atoms with van der Waals surface area (Å²) in [4.78, 5) is 12.3. The molecule has 2 atom stereocenters. The minimum Gasteiger partial charge on any atom is -0.507 e. The number of phenols is 2. The quantitative estimate of drug-likeness (QED) is 0.359. The van der Waals surface area contributed by atoms with Gasteiger partial charge in [0, 0.05) is 17.2 Å². The van der Waals surface area contributed by atoms with Gasteiger partial charge in [-0.2, -0.15) is 0 Å². The molecule has 2 rings (SSSR count). The van der Waals surface area contributed by atoms with Gasteiger partial charge in [-0.15, -0.1) is 24.4 Å². The molecule has 1 aromatic rings. The molecule has 1 aliphatic heterocycles. The number of thioether (sulfide) groups is 1. The third-order valence-electron chi connectivity index (χ3n) is 3.21. The van der Waals surface area contributed by atoms with Crippen LogP contribution in [0.4, 0.5) is 0 Å². The molecule has 21 heavy (non-hydrogen) atoms. The van der Waals surface area contributed by atoms with Crippen molar-refractivity contribution in [2.24, 2.45) is 5.73 Å². The number of rotatable bonds is 1. The number of fused-ring (bicyclic) bond motifs is 1. The SMILES string of the molecule is CC.COC(=O)C1CC(N)c2c(O)c(C)c(S)c(O)c2S1. The second kappa shape index (κ2) is 7.29. The molecule has 0 bridgehead atoms. The fourth-order valence-electron chi connectivity index (χ4n) is 2.11. The van der Waals surface area contributed by atoms with E-state index in [9.17, 15) is 15.0 Å². The van der Waals surface area contributed by atoms with Crippen molar-refractivity contribution in [2.75, 3.05) is 7.11 Å². The fourth-order valence-corrected chi connectivity index (χ4v) is 3.77. The van der Waals surface area contributed by atoms with Crippen LogP contribution in [0, 0.1) is 6.92 Å². The zero-order valence-corrected chi connectivity index (χ0v) is 14.2. The zero-order valence-electron chi connectivity index (χ0n) is 12.5. The van der Waals surface area contributed by atoms with Crippen molar-refractivity contribution >= 4 is 30.4 Å². The zero-order chi connectivity index (χ0) is 16.3. The summed E-state index contributed by atoms with van der Waals surface area (Å²) in [5.74, 6) is -0.421. The van der Waals surface area contributed by atoms with Crippen molar-refractivity contribution in [1.29, 1.82) is 0 Å². The standard InChI is InChI=1S/C12H15NO4S2.C2H6/c1-4-8(14)7-5(13)3-6(12(16)17-2)19-11(7)9(15)10(4)18;1-2/h5-6,14-15,18H,3,13H2,1-2H3;1-2H3. The molecule has 1 aliphatic rings. The predicted octanol–water partition coefficient (Wildman–Crippen LogP) is 2.76. The molecule has 118 valence electrons. The van der Waals surface area contributed by atoms with E-state index in [1.807, 2.05) is 13.8 Å². The molecule has 0 fully saturated rings. The summed E-state index contributed by atoms with van der Waals surface area (Å²) in [5, 5.41) is 19.8. The summed E-state index contributed by atoms with van der Waals surface area (Å²) in [5.41, 5.74) is 6.95. The molecule has 0 saturated heterocycles. The van der Waals surface area contributed by atoms with Crippen LogP contribution in [-0.4, -0.2) is 28.5 Å². The van der Waals surface area contributed by atoms with Gasteiger partial charge in [0.1, 0.15) is 16.7 Å². The lowest BCUT2D eigenvalue weighted by Gasteiger charge is -2.29. The van der Waals surface area contributed by atoms with Crippen LogP contribution >= 0.6 is 24.4 Å². The first kappa shape index (κ1) is 18.0. The average molecular weight is 331 g/mol. The van der Waals surface area contributed by atoms with E-state index in [-0.39, 0.29) is 11.5 Å². The highest BCUT2D eigenvalue weighted by Crippen LogP contribution is 2.52. The summed E-state index contributed by atoms with van der Waals surface area (Å²) < 4.78 is 4.70. The number of aromatic hydroxyl groups is 2. The van der Waals surface area contributed by atoms with Crippen molar-refractivity contribution in [3.8, 4) is 11.5 Å². The van der Waals surface area contributed by atoms with Gasteiger partial charge >= 0.3 is 5.97 Å². The van der Waals surface area contributed by atoms with E-state index in [0.29, 0.717) is 27.3 Å². The lowest BCUT2D eigenvalue weighted by Crippen LogP contribution is -2.29. The number of thiol groups is 1. The summed E-state index contributed by atoms with van der Waals surface area (Å²) in [7, 11) is 1.31. The molecule has 0 spiro atoms. The third kappa shape index (κ3) is 3.25. The molecular weight excluding hydrogens is 310 g/mol. The number of nitrogens with two attached hydrogens (primary N) is 1. The van der Waals surface area contributed by atoms with Crippen LogP contribution in [0.15, 0.2) is 9.79 Å². The van der Waals surface area contributed by atoms with Gasteiger partial charge in [-0.05, 0) is 13.3 Å². The minimum absolute atomic E-state index is 0.0288. The normalized spacial score (nSPS) is 20.1. The monoisotopic (exact) mass is 331 g/mol. The fraction of sp³-hybridized carbons (Fsp3) is 0.500. The van der Waals surface area contributed by atoms with Crippen LogP contribution in [0.3, 0.4) is 0 Å². The van der Waals surface area contributed by atoms with Gasteiger partial charge in [-0.1, -0.05) is 13.8 Å².